The first kappa shape index (κ1) is 18.5. The van der Waals surface area contributed by atoms with Gasteiger partial charge in [-0.25, -0.2) is 9.78 Å². The normalized spacial score (nSPS) is 13.7. The minimum Gasteiger partial charge on any atom is -0.452 e. The van der Waals surface area contributed by atoms with Crippen molar-refractivity contribution < 1.29 is 14.3 Å². The van der Waals surface area contributed by atoms with Crippen LogP contribution in [-0.4, -0.2) is 41.5 Å². The van der Waals surface area contributed by atoms with E-state index in [9.17, 15) is 9.59 Å². The molecular formula is C20H22N2O3S. The lowest BCUT2D eigenvalue weighted by Crippen LogP contribution is -2.32. The van der Waals surface area contributed by atoms with E-state index in [0.717, 1.165) is 30.8 Å². The molecule has 0 atom stereocenters. The Morgan fingerprint density at radius 2 is 1.92 bits per heavy atom. The number of nitrogens with zero attached hydrogens (tertiary/aromatic N) is 2. The predicted molar refractivity (Wildman–Crippen MR) is 100 cm³/mol. The Labute approximate surface area is 157 Å². The molecule has 1 aromatic carbocycles. The van der Waals surface area contributed by atoms with E-state index in [0.29, 0.717) is 10.6 Å². The molecule has 3 rings (SSSR count). The average molecular weight is 370 g/mol. The van der Waals surface area contributed by atoms with Crippen LogP contribution in [0.5, 0.6) is 0 Å². The van der Waals surface area contributed by atoms with Crippen LogP contribution in [0.2, 0.25) is 0 Å². The van der Waals surface area contributed by atoms with Gasteiger partial charge in [0.05, 0.1) is 5.56 Å². The minimum atomic E-state index is -0.517. The van der Waals surface area contributed by atoms with Gasteiger partial charge in [-0.1, -0.05) is 17.8 Å². The number of likely N-dealkylation sites (tertiary alicyclic amines) is 1. The molecule has 0 N–H and O–H groups in total. The molecule has 0 aliphatic carbocycles. The van der Waals surface area contributed by atoms with Crippen LogP contribution in [0.15, 0.2) is 46.5 Å². The number of hydrogen-bond acceptors (Lipinski definition) is 5. The van der Waals surface area contributed by atoms with Crippen LogP contribution in [-0.2, 0) is 9.53 Å². The summed E-state index contributed by atoms with van der Waals surface area (Å²) in [6, 6.07) is 9.50. The molecular weight excluding hydrogens is 348 g/mol. The van der Waals surface area contributed by atoms with Crippen molar-refractivity contribution in [2.24, 2.45) is 0 Å². The molecule has 0 bridgehead atoms. The maximum absolute atomic E-state index is 12.4. The fourth-order valence-electron chi connectivity index (χ4n) is 2.78. The van der Waals surface area contributed by atoms with Gasteiger partial charge in [-0.15, -0.1) is 0 Å². The van der Waals surface area contributed by atoms with Crippen molar-refractivity contribution in [1.29, 1.82) is 0 Å². The highest BCUT2D eigenvalue weighted by atomic mass is 32.2. The molecule has 1 aromatic heterocycles. The molecule has 6 heteroatoms. The number of hydrogen-bond donors (Lipinski definition) is 0. The molecule has 2 heterocycles. The van der Waals surface area contributed by atoms with Crippen LogP contribution in [0.3, 0.4) is 0 Å². The van der Waals surface area contributed by atoms with Crippen molar-refractivity contribution in [3.8, 4) is 0 Å². The quantitative estimate of drug-likeness (QED) is 0.752. The molecule has 0 spiro atoms. The summed E-state index contributed by atoms with van der Waals surface area (Å²) in [6.07, 6.45) is 3.67. The largest absolute Gasteiger partial charge is 0.452 e. The third kappa shape index (κ3) is 4.43. The summed E-state index contributed by atoms with van der Waals surface area (Å²) in [5.41, 5.74) is 2.78. The van der Waals surface area contributed by atoms with Gasteiger partial charge in [0.1, 0.15) is 5.03 Å². The van der Waals surface area contributed by atoms with Gasteiger partial charge in [0.15, 0.2) is 6.61 Å². The highest BCUT2D eigenvalue weighted by molar-refractivity contribution is 7.99. The SMILES string of the molecule is Cc1ccc(Sc2ncccc2C(=O)OCC(=O)N2CCCC2)cc1C. The molecule has 2 aromatic rings. The van der Waals surface area contributed by atoms with Crippen molar-refractivity contribution in [3.05, 3.63) is 53.2 Å². The monoisotopic (exact) mass is 370 g/mol. The first-order valence-electron chi connectivity index (χ1n) is 8.69. The first-order valence-corrected chi connectivity index (χ1v) is 9.51. The van der Waals surface area contributed by atoms with E-state index in [4.69, 9.17) is 4.74 Å². The summed E-state index contributed by atoms with van der Waals surface area (Å²) in [5.74, 6) is -0.653. The summed E-state index contributed by atoms with van der Waals surface area (Å²) in [4.78, 5) is 31.6. The molecule has 136 valence electrons. The van der Waals surface area contributed by atoms with Gasteiger partial charge < -0.3 is 9.64 Å². The van der Waals surface area contributed by atoms with E-state index < -0.39 is 5.97 Å². The lowest BCUT2D eigenvalue weighted by atomic mass is 10.1. The number of carbonyl (C=O) groups excluding carboxylic acids is 2. The van der Waals surface area contributed by atoms with Crippen LogP contribution in [0.4, 0.5) is 0 Å². The number of benzene rings is 1. The van der Waals surface area contributed by atoms with Crippen molar-refractivity contribution in [1.82, 2.24) is 9.88 Å². The van der Waals surface area contributed by atoms with E-state index in [1.807, 2.05) is 12.1 Å². The van der Waals surface area contributed by atoms with Crippen LogP contribution < -0.4 is 0 Å². The van der Waals surface area contributed by atoms with Crippen molar-refractivity contribution in [2.75, 3.05) is 19.7 Å². The zero-order chi connectivity index (χ0) is 18.5. The maximum atomic E-state index is 12.4. The summed E-state index contributed by atoms with van der Waals surface area (Å²) >= 11 is 1.42. The predicted octanol–water partition coefficient (Wildman–Crippen LogP) is 3.63. The summed E-state index contributed by atoms with van der Waals surface area (Å²) in [6.45, 7) is 5.39. The van der Waals surface area contributed by atoms with Crippen LogP contribution in [0, 0.1) is 13.8 Å². The van der Waals surface area contributed by atoms with E-state index in [1.165, 1.54) is 22.9 Å². The molecule has 1 aliphatic heterocycles. The van der Waals surface area contributed by atoms with E-state index >= 15 is 0 Å². The molecule has 1 saturated heterocycles. The van der Waals surface area contributed by atoms with Crippen molar-refractivity contribution in [3.63, 3.8) is 0 Å². The molecule has 5 nitrogen and oxygen atoms in total. The summed E-state index contributed by atoms with van der Waals surface area (Å²) in [5, 5.41) is 0.578. The van der Waals surface area contributed by atoms with Gasteiger partial charge in [-0.05, 0) is 62.1 Å². The number of pyridine rings is 1. The number of ether oxygens (including phenoxy) is 1. The molecule has 0 radical (unpaired) electrons. The average Bonchev–Trinajstić information content (AvgIpc) is 3.18. The number of esters is 1. The van der Waals surface area contributed by atoms with Gasteiger partial charge in [0.2, 0.25) is 0 Å². The Morgan fingerprint density at radius 1 is 1.15 bits per heavy atom. The smallest absolute Gasteiger partial charge is 0.341 e. The Balaban J connectivity index is 1.68. The maximum Gasteiger partial charge on any atom is 0.341 e. The van der Waals surface area contributed by atoms with Gasteiger partial charge in [-0.2, -0.15) is 0 Å². The Bertz CT molecular complexity index is 816. The third-order valence-electron chi connectivity index (χ3n) is 4.47. The lowest BCUT2D eigenvalue weighted by Gasteiger charge is -2.15. The zero-order valence-electron chi connectivity index (χ0n) is 15.0. The van der Waals surface area contributed by atoms with Gasteiger partial charge in [0, 0.05) is 24.2 Å². The van der Waals surface area contributed by atoms with Crippen LogP contribution in [0.25, 0.3) is 0 Å². The van der Waals surface area contributed by atoms with Crippen LogP contribution >= 0.6 is 11.8 Å². The minimum absolute atomic E-state index is 0.136. The topological polar surface area (TPSA) is 59.5 Å². The highest BCUT2D eigenvalue weighted by Crippen LogP contribution is 2.30. The first-order chi connectivity index (χ1) is 12.5. The number of aromatic nitrogens is 1. The van der Waals surface area contributed by atoms with Gasteiger partial charge in [0.25, 0.3) is 5.91 Å². The summed E-state index contributed by atoms with van der Waals surface area (Å²) in [7, 11) is 0. The highest BCUT2D eigenvalue weighted by Gasteiger charge is 2.21. The fraction of sp³-hybridized carbons (Fsp3) is 0.350. The molecule has 1 fully saturated rings. The standard InChI is InChI=1S/C20H22N2O3S/c1-14-7-8-16(12-15(14)2)26-19-17(6-5-9-21-19)20(24)25-13-18(23)22-10-3-4-11-22/h5-9,12H,3-4,10-11,13H2,1-2H3. The van der Waals surface area contributed by atoms with E-state index in [1.54, 1.807) is 23.2 Å². The Morgan fingerprint density at radius 3 is 2.65 bits per heavy atom. The van der Waals surface area contributed by atoms with Crippen molar-refractivity contribution >= 4 is 23.6 Å². The fourth-order valence-corrected chi connectivity index (χ4v) is 3.75. The van der Waals surface area contributed by atoms with E-state index in [2.05, 4.69) is 24.9 Å². The number of aryl methyl sites for hydroxylation is 2. The molecule has 0 saturated carbocycles. The second-order valence-corrected chi connectivity index (χ2v) is 7.43. The van der Waals surface area contributed by atoms with E-state index in [-0.39, 0.29) is 12.5 Å². The third-order valence-corrected chi connectivity index (χ3v) is 5.48. The number of amides is 1. The number of rotatable bonds is 5. The van der Waals surface area contributed by atoms with Gasteiger partial charge >= 0.3 is 5.97 Å². The van der Waals surface area contributed by atoms with Gasteiger partial charge in [-0.3, -0.25) is 4.79 Å². The molecule has 1 amide bonds. The molecule has 1 aliphatic rings. The molecule has 0 unspecified atom stereocenters. The second-order valence-electron chi connectivity index (χ2n) is 6.37. The second kappa shape index (κ2) is 8.36. The van der Waals surface area contributed by atoms with Crippen LogP contribution in [0.1, 0.15) is 34.3 Å². The van der Waals surface area contributed by atoms with Crippen molar-refractivity contribution in [2.45, 2.75) is 36.6 Å². The summed E-state index contributed by atoms with van der Waals surface area (Å²) < 4.78 is 5.24. The lowest BCUT2D eigenvalue weighted by molar-refractivity contribution is -0.133. The number of carbonyl (C=O) groups is 2. The Hall–Kier alpha value is -2.34. The molecule has 26 heavy (non-hydrogen) atoms. The Kier molecular flexibility index (Phi) is 5.93. The zero-order valence-corrected chi connectivity index (χ0v) is 15.8.